The maximum atomic E-state index is 11.6. The average molecular weight is 398 g/mol. The Morgan fingerprint density at radius 2 is 1.93 bits per heavy atom. The predicted octanol–water partition coefficient (Wildman–Crippen LogP) is 3.52. The molecule has 3 aromatic rings. The smallest absolute Gasteiger partial charge is 0.252 e. The number of hydrogen-bond donors (Lipinski definition) is 2. The number of amides is 1. The van der Waals surface area contributed by atoms with Crippen molar-refractivity contribution in [2.24, 2.45) is 10.7 Å². The molecule has 146 valence electrons. The summed E-state index contributed by atoms with van der Waals surface area (Å²) in [5.74, 6) is -0.798. The molecule has 6 nitrogen and oxygen atoms in total. The van der Waals surface area contributed by atoms with Crippen LogP contribution in [0.15, 0.2) is 46.8 Å². The molecule has 0 saturated heterocycles. The number of ether oxygens (including phenoxy) is 1. The normalized spacial score (nSPS) is 11.8. The van der Waals surface area contributed by atoms with Crippen molar-refractivity contribution in [3.05, 3.63) is 63.3 Å². The van der Waals surface area contributed by atoms with Crippen LogP contribution in [0.25, 0.3) is 11.3 Å². The van der Waals surface area contributed by atoms with E-state index < -0.39 is 5.91 Å². The SMILES string of the molecule is COCCn1c(-c2ccc(O)c(C(N)=O)c2)csc1=Nc1cc(C)cc(C)c1. The first-order valence-corrected chi connectivity index (χ1v) is 9.70. The minimum absolute atomic E-state index is 0.0924. The zero-order valence-corrected chi connectivity index (χ0v) is 16.9. The number of nitrogens with zero attached hydrogens (tertiary/aromatic N) is 2. The van der Waals surface area contributed by atoms with Crippen LogP contribution in [0.4, 0.5) is 5.69 Å². The lowest BCUT2D eigenvalue weighted by Crippen LogP contribution is -2.19. The van der Waals surface area contributed by atoms with Crippen molar-refractivity contribution in [3.63, 3.8) is 0 Å². The summed E-state index contributed by atoms with van der Waals surface area (Å²) in [4.78, 5) is 17.2. The first-order valence-electron chi connectivity index (χ1n) is 8.82. The summed E-state index contributed by atoms with van der Waals surface area (Å²) >= 11 is 1.51. The molecule has 2 aromatic carbocycles. The molecule has 0 fully saturated rings. The number of primary amides is 1. The molecule has 0 radical (unpaired) electrons. The van der Waals surface area contributed by atoms with Crippen molar-refractivity contribution >= 4 is 22.9 Å². The number of aryl methyl sites for hydroxylation is 2. The fourth-order valence-corrected chi connectivity index (χ4v) is 4.02. The first kappa shape index (κ1) is 19.9. The zero-order chi connectivity index (χ0) is 20.3. The van der Waals surface area contributed by atoms with E-state index in [9.17, 15) is 9.90 Å². The number of nitrogens with two attached hydrogens (primary N) is 1. The van der Waals surface area contributed by atoms with E-state index in [0.29, 0.717) is 13.2 Å². The van der Waals surface area contributed by atoms with Gasteiger partial charge in [-0.15, -0.1) is 11.3 Å². The van der Waals surface area contributed by atoms with Gasteiger partial charge in [0.25, 0.3) is 5.91 Å². The van der Waals surface area contributed by atoms with Gasteiger partial charge in [0.15, 0.2) is 4.80 Å². The monoisotopic (exact) mass is 397 g/mol. The topological polar surface area (TPSA) is 89.8 Å². The van der Waals surface area contributed by atoms with Gasteiger partial charge >= 0.3 is 0 Å². The standard InChI is InChI=1S/C21H23N3O3S/c1-13-8-14(2)10-16(9-13)23-21-24(6-7-27-3)18(12-28-21)15-4-5-19(25)17(11-15)20(22)26/h4-5,8-12,25H,6-7H2,1-3H3,(H2,22,26). The predicted molar refractivity (Wildman–Crippen MR) is 111 cm³/mol. The molecule has 28 heavy (non-hydrogen) atoms. The summed E-state index contributed by atoms with van der Waals surface area (Å²) in [5.41, 5.74) is 10.3. The minimum atomic E-state index is -0.668. The molecule has 1 amide bonds. The first-order chi connectivity index (χ1) is 13.4. The van der Waals surface area contributed by atoms with E-state index in [2.05, 4.69) is 6.07 Å². The molecule has 3 rings (SSSR count). The number of phenols is 1. The van der Waals surface area contributed by atoms with Crippen LogP contribution in [0.5, 0.6) is 5.75 Å². The Hall–Kier alpha value is -2.90. The molecule has 0 aliphatic heterocycles. The third-order valence-corrected chi connectivity index (χ3v) is 5.17. The molecule has 1 heterocycles. The molecular weight excluding hydrogens is 374 g/mol. The van der Waals surface area contributed by atoms with E-state index in [4.69, 9.17) is 15.5 Å². The van der Waals surface area contributed by atoms with Gasteiger partial charge in [-0.25, -0.2) is 4.99 Å². The van der Waals surface area contributed by atoms with Crippen molar-refractivity contribution in [1.29, 1.82) is 0 Å². The van der Waals surface area contributed by atoms with Crippen LogP contribution in [0.1, 0.15) is 21.5 Å². The summed E-state index contributed by atoms with van der Waals surface area (Å²) in [6.07, 6.45) is 0. The number of aromatic hydroxyl groups is 1. The average Bonchev–Trinajstić information content (AvgIpc) is 3.01. The van der Waals surface area contributed by atoms with E-state index in [-0.39, 0.29) is 11.3 Å². The quantitative estimate of drug-likeness (QED) is 0.667. The van der Waals surface area contributed by atoms with Crippen LogP contribution in [0.2, 0.25) is 0 Å². The molecular formula is C21H23N3O3S. The van der Waals surface area contributed by atoms with Crippen molar-refractivity contribution < 1.29 is 14.6 Å². The number of thiazole rings is 1. The summed E-state index contributed by atoms with van der Waals surface area (Å²) < 4.78 is 7.30. The molecule has 0 saturated carbocycles. The summed E-state index contributed by atoms with van der Waals surface area (Å²) in [6, 6.07) is 11.0. The van der Waals surface area contributed by atoms with Crippen LogP contribution < -0.4 is 10.5 Å². The highest BCUT2D eigenvalue weighted by Gasteiger charge is 2.13. The van der Waals surface area contributed by atoms with Gasteiger partial charge in [0.2, 0.25) is 0 Å². The third kappa shape index (κ3) is 4.32. The number of rotatable bonds is 6. The molecule has 7 heteroatoms. The highest BCUT2D eigenvalue weighted by Crippen LogP contribution is 2.27. The van der Waals surface area contributed by atoms with Crippen LogP contribution in [-0.2, 0) is 11.3 Å². The van der Waals surface area contributed by atoms with Crippen LogP contribution in [0, 0.1) is 13.8 Å². The molecule has 1 aromatic heterocycles. The third-order valence-electron chi connectivity index (χ3n) is 4.31. The fraction of sp³-hybridized carbons (Fsp3) is 0.238. The van der Waals surface area contributed by atoms with Crippen LogP contribution in [-0.4, -0.2) is 29.3 Å². The van der Waals surface area contributed by atoms with Crippen molar-refractivity contribution in [3.8, 4) is 17.0 Å². The lowest BCUT2D eigenvalue weighted by molar-refractivity contribution is 0.0998. The largest absolute Gasteiger partial charge is 0.507 e. The van der Waals surface area contributed by atoms with Crippen LogP contribution >= 0.6 is 11.3 Å². The molecule has 0 unspecified atom stereocenters. The summed E-state index contributed by atoms with van der Waals surface area (Å²) in [7, 11) is 1.65. The number of methoxy groups -OCH3 is 1. The second kappa shape index (κ2) is 8.41. The van der Waals surface area contributed by atoms with Crippen molar-refractivity contribution in [2.75, 3.05) is 13.7 Å². The maximum Gasteiger partial charge on any atom is 0.252 e. The van der Waals surface area contributed by atoms with Gasteiger partial charge in [-0.1, -0.05) is 6.07 Å². The van der Waals surface area contributed by atoms with E-state index >= 15 is 0 Å². The molecule has 0 aliphatic carbocycles. The number of hydrogen-bond acceptors (Lipinski definition) is 5. The van der Waals surface area contributed by atoms with Gasteiger partial charge in [-0.05, 0) is 55.3 Å². The highest BCUT2D eigenvalue weighted by molar-refractivity contribution is 7.07. The minimum Gasteiger partial charge on any atom is -0.507 e. The lowest BCUT2D eigenvalue weighted by atomic mass is 10.1. The molecule has 0 atom stereocenters. The van der Waals surface area contributed by atoms with Crippen molar-refractivity contribution in [2.45, 2.75) is 20.4 Å². The summed E-state index contributed by atoms with van der Waals surface area (Å²) in [6.45, 7) is 5.22. The van der Waals surface area contributed by atoms with E-state index in [1.165, 1.54) is 17.4 Å². The van der Waals surface area contributed by atoms with Gasteiger partial charge in [0, 0.05) is 24.6 Å². The van der Waals surface area contributed by atoms with Gasteiger partial charge in [-0.3, -0.25) is 4.79 Å². The van der Waals surface area contributed by atoms with Gasteiger partial charge in [-0.2, -0.15) is 0 Å². The van der Waals surface area contributed by atoms with Gasteiger partial charge < -0.3 is 20.1 Å². The van der Waals surface area contributed by atoms with E-state index in [1.54, 1.807) is 19.2 Å². The Morgan fingerprint density at radius 1 is 1.21 bits per heavy atom. The maximum absolute atomic E-state index is 11.6. The fourth-order valence-electron chi connectivity index (χ4n) is 3.07. The molecule has 0 aliphatic rings. The number of carbonyl (C=O) groups is 1. The van der Waals surface area contributed by atoms with E-state index in [0.717, 1.165) is 32.9 Å². The Kier molecular flexibility index (Phi) is 5.96. The summed E-state index contributed by atoms with van der Waals surface area (Å²) in [5, 5.41) is 11.9. The second-order valence-electron chi connectivity index (χ2n) is 6.60. The number of benzene rings is 2. The van der Waals surface area contributed by atoms with Gasteiger partial charge in [0.1, 0.15) is 5.75 Å². The Labute approximate surface area is 167 Å². The number of aromatic nitrogens is 1. The van der Waals surface area contributed by atoms with E-state index in [1.807, 2.05) is 35.9 Å². The molecule has 0 spiro atoms. The van der Waals surface area contributed by atoms with Crippen molar-refractivity contribution in [1.82, 2.24) is 4.57 Å². The Balaban J connectivity index is 2.15. The lowest BCUT2D eigenvalue weighted by Gasteiger charge is -2.10. The Morgan fingerprint density at radius 3 is 2.57 bits per heavy atom. The highest BCUT2D eigenvalue weighted by atomic mass is 32.1. The van der Waals surface area contributed by atoms with Gasteiger partial charge in [0.05, 0.1) is 23.6 Å². The second-order valence-corrected chi connectivity index (χ2v) is 7.44. The Bertz CT molecular complexity index is 1060. The van der Waals surface area contributed by atoms with Crippen LogP contribution in [0.3, 0.4) is 0 Å². The molecule has 3 N–H and O–H groups in total. The molecule has 0 bridgehead atoms. The zero-order valence-electron chi connectivity index (χ0n) is 16.1. The number of carbonyl (C=O) groups excluding carboxylic acids is 1.